The summed E-state index contributed by atoms with van der Waals surface area (Å²) in [7, 11) is -0.114. The number of sulfonamides is 1. The van der Waals surface area contributed by atoms with Gasteiger partial charge in [0.05, 0.1) is 12.0 Å². The summed E-state index contributed by atoms with van der Waals surface area (Å²) >= 11 is 0. The number of nitrogens with zero attached hydrogens (tertiary/aromatic N) is 3. The van der Waals surface area contributed by atoms with Crippen LogP contribution in [0.4, 0.5) is 0 Å². The van der Waals surface area contributed by atoms with Crippen molar-refractivity contribution >= 4 is 15.9 Å². The number of methoxy groups -OCH3 is 1. The van der Waals surface area contributed by atoms with Crippen molar-refractivity contribution in [2.24, 2.45) is 13.0 Å². The SMILES string of the molecule is COc1ccccc1[C@H](NC(=O)C1CCN(S(=O)(=O)c2ccc(C)c(C)c2)CC1)c1nccn1C. The Labute approximate surface area is 207 Å². The van der Waals surface area contributed by atoms with E-state index in [9.17, 15) is 13.2 Å². The number of hydrogen-bond acceptors (Lipinski definition) is 5. The van der Waals surface area contributed by atoms with Crippen LogP contribution in [0.25, 0.3) is 0 Å². The molecule has 0 bridgehead atoms. The molecule has 1 N–H and O–H groups in total. The Bertz CT molecular complexity index is 1310. The highest BCUT2D eigenvalue weighted by Crippen LogP contribution is 2.31. The third-order valence-corrected chi connectivity index (χ3v) is 8.69. The van der Waals surface area contributed by atoms with Crippen molar-refractivity contribution in [2.45, 2.75) is 37.6 Å². The first kappa shape index (κ1) is 24.9. The summed E-state index contributed by atoms with van der Waals surface area (Å²) in [6.45, 7) is 4.47. The molecule has 4 rings (SSSR count). The summed E-state index contributed by atoms with van der Waals surface area (Å²) in [5.74, 6) is 0.943. The van der Waals surface area contributed by atoms with E-state index >= 15 is 0 Å². The van der Waals surface area contributed by atoms with Crippen LogP contribution in [0.5, 0.6) is 5.75 Å². The quantitative estimate of drug-likeness (QED) is 0.542. The maximum Gasteiger partial charge on any atom is 0.243 e. The number of para-hydroxylation sites is 1. The molecular weight excluding hydrogens is 464 g/mol. The Morgan fingerprint density at radius 3 is 2.46 bits per heavy atom. The van der Waals surface area contributed by atoms with Crippen molar-refractivity contribution < 1.29 is 17.9 Å². The number of piperidine rings is 1. The van der Waals surface area contributed by atoms with Gasteiger partial charge in [0.15, 0.2) is 0 Å². The van der Waals surface area contributed by atoms with Gasteiger partial charge in [-0.1, -0.05) is 24.3 Å². The first-order valence-electron chi connectivity index (χ1n) is 11.7. The van der Waals surface area contributed by atoms with Crippen LogP contribution in [-0.2, 0) is 21.9 Å². The van der Waals surface area contributed by atoms with Crippen molar-refractivity contribution in [1.29, 1.82) is 0 Å². The minimum Gasteiger partial charge on any atom is -0.496 e. The minimum atomic E-state index is -3.59. The number of aryl methyl sites for hydroxylation is 3. The van der Waals surface area contributed by atoms with E-state index in [4.69, 9.17) is 4.74 Å². The molecule has 0 spiro atoms. The van der Waals surface area contributed by atoms with Crippen LogP contribution in [0.2, 0.25) is 0 Å². The molecule has 1 amide bonds. The summed E-state index contributed by atoms with van der Waals surface area (Å²) in [4.78, 5) is 18.1. The van der Waals surface area contributed by atoms with Gasteiger partial charge in [-0.3, -0.25) is 4.79 Å². The lowest BCUT2D eigenvalue weighted by Gasteiger charge is -2.31. The molecule has 9 heteroatoms. The fraction of sp³-hybridized carbons (Fsp3) is 0.385. The number of benzene rings is 2. The summed E-state index contributed by atoms with van der Waals surface area (Å²) in [5, 5.41) is 3.15. The predicted octanol–water partition coefficient (Wildman–Crippen LogP) is 3.35. The normalized spacial score (nSPS) is 16.1. The van der Waals surface area contributed by atoms with Gasteiger partial charge in [-0.05, 0) is 56.0 Å². The smallest absolute Gasteiger partial charge is 0.243 e. The Hall–Kier alpha value is -3.17. The number of rotatable bonds is 7. The number of hydrogen-bond donors (Lipinski definition) is 1. The molecule has 1 saturated heterocycles. The number of imidazole rings is 1. The molecule has 0 radical (unpaired) electrons. The van der Waals surface area contributed by atoms with E-state index in [1.54, 1.807) is 25.4 Å². The third-order valence-electron chi connectivity index (χ3n) is 6.79. The summed E-state index contributed by atoms with van der Waals surface area (Å²) in [6.07, 6.45) is 4.43. The van der Waals surface area contributed by atoms with E-state index in [0.717, 1.165) is 16.7 Å². The highest BCUT2D eigenvalue weighted by molar-refractivity contribution is 7.89. The largest absolute Gasteiger partial charge is 0.496 e. The Kier molecular flexibility index (Phi) is 7.28. The molecular formula is C26H32N4O4S. The zero-order chi connectivity index (χ0) is 25.2. The van der Waals surface area contributed by atoms with Crippen LogP contribution in [0.3, 0.4) is 0 Å². The number of carbonyl (C=O) groups excluding carboxylic acids is 1. The number of carbonyl (C=O) groups is 1. The Balaban J connectivity index is 1.49. The van der Waals surface area contributed by atoms with E-state index < -0.39 is 16.1 Å². The highest BCUT2D eigenvalue weighted by Gasteiger charge is 2.34. The van der Waals surface area contributed by atoms with Gasteiger partial charge in [0.2, 0.25) is 15.9 Å². The van der Waals surface area contributed by atoms with Gasteiger partial charge in [0.1, 0.15) is 17.6 Å². The number of ether oxygens (including phenoxy) is 1. The molecule has 8 nitrogen and oxygen atoms in total. The standard InChI is InChI=1S/C26H32N4O4S/c1-18-9-10-21(17-19(18)2)35(32,33)30-14-11-20(12-15-30)26(31)28-24(25-27-13-16-29(25)3)22-7-5-6-8-23(22)34-4/h5-10,13,16-17,20,24H,11-12,14-15H2,1-4H3,(H,28,31)/t24-/m0/s1. The van der Waals surface area contributed by atoms with E-state index in [2.05, 4.69) is 10.3 Å². The molecule has 0 saturated carbocycles. The molecule has 0 aliphatic carbocycles. The monoisotopic (exact) mass is 496 g/mol. The number of amides is 1. The number of nitrogens with one attached hydrogen (secondary N) is 1. The first-order chi connectivity index (χ1) is 16.7. The molecule has 1 aromatic heterocycles. The molecule has 1 atom stereocenters. The Morgan fingerprint density at radius 2 is 1.83 bits per heavy atom. The topological polar surface area (TPSA) is 93.5 Å². The fourth-order valence-electron chi connectivity index (χ4n) is 4.48. The highest BCUT2D eigenvalue weighted by atomic mass is 32.2. The van der Waals surface area contributed by atoms with E-state index in [1.807, 2.05) is 62.0 Å². The van der Waals surface area contributed by atoms with Gasteiger partial charge in [-0.2, -0.15) is 4.31 Å². The van der Waals surface area contributed by atoms with Gasteiger partial charge in [0, 0.05) is 44.0 Å². The molecule has 35 heavy (non-hydrogen) atoms. The van der Waals surface area contributed by atoms with Crippen LogP contribution in [0, 0.1) is 19.8 Å². The van der Waals surface area contributed by atoms with Crippen molar-refractivity contribution in [3.63, 3.8) is 0 Å². The Morgan fingerprint density at radius 1 is 1.11 bits per heavy atom. The molecule has 1 fully saturated rings. The lowest BCUT2D eigenvalue weighted by atomic mass is 9.96. The molecule has 1 aliphatic heterocycles. The van der Waals surface area contributed by atoms with Gasteiger partial charge in [-0.15, -0.1) is 0 Å². The van der Waals surface area contributed by atoms with Gasteiger partial charge in [0.25, 0.3) is 0 Å². The minimum absolute atomic E-state index is 0.118. The van der Waals surface area contributed by atoms with Crippen LogP contribution in [0.1, 0.15) is 41.4 Å². The predicted molar refractivity (Wildman–Crippen MR) is 134 cm³/mol. The second-order valence-corrected chi connectivity index (χ2v) is 10.9. The van der Waals surface area contributed by atoms with E-state index in [0.29, 0.717) is 42.4 Å². The maximum absolute atomic E-state index is 13.3. The average molecular weight is 497 g/mol. The van der Waals surface area contributed by atoms with Crippen molar-refractivity contribution in [2.75, 3.05) is 20.2 Å². The van der Waals surface area contributed by atoms with Crippen LogP contribution in [0.15, 0.2) is 59.8 Å². The molecule has 186 valence electrons. The van der Waals surface area contributed by atoms with E-state index in [-0.39, 0.29) is 11.8 Å². The first-order valence-corrected chi connectivity index (χ1v) is 13.1. The average Bonchev–Trinajstić information content (AvgIpc) is 3.29. The second-order valence-electron chi connectivity index (χ2n) is 9.00. The van der Waals surface area contributed by atoms with Crippen LogP contribution < -0.4 is 10.1 Å². The lowest BCUT2D eigenvalue weighted by Crippen LogP contribution is -2.44. The molecule has 1 aliphatic rings. The summed E-state index contributed by atoms with van der Waals surface area (Å²) in [5.41, 5.74) is 2.81. The zero-order valence-electron chi connectivity index (χ0n) is 20.6. The molecule has 3 aromatic rings. The van der Waals surface area contributed by atoms with Crippen molar-refractivity contribution in [3.05, 3.63) is 77.4 Å². The zero-order valence-corrected chi connectivity index (χ0v) is 21.4. The van der Waals surface area contributed by atoms with Crippen molar-refractivity contribution in [3.8, 4) is 5.75 Å². The maximum atomic E-state index is 13.3. The molecule has 0 unspecified atom stereocenters. The van der Waals surface area contributed by atoms with Gasteiger partial charge in [-0.25, -0.2) is 13.4 Å². The van der Waals surface area contributed by atoms with E-state index in [1.165, 1.54) is 4.31 Å². The second kappa shape index (κ2) is 10.2. The fourth-order valence-corrected chi connectivity index (χ4v) is 6.04. The van der Waals surface area contributed by atoms with Crippen LogP contribution >= 0.6 is 0 Å². The van der Waals surface area contributed by atoms with Crippen LogP contribution in [-0.4, -0.2) is 48.4 Å². The summed E-state index contributed by atoms with van der Waals surface area (Å²) < 4.78 is 35.2. The van der Waals surface area contributed by atoms with Gasteiger partial charge < -0.3 is 14.6 Å². The lowest BCUT2D eigenvalue weighted by molar-refractivity contribution is -0.126. The van der Waals surface area contributed by atoms with Crippen molar-refractivity contribution in [1.82, 2.24) is 19.2 Å². The number of aromatic nitrogens is 2. The van der Waals surface area contributed by atoms with Gasteiger partial charge >= 0.3 is 0 Å². The molecule has 2 aromatic carbocycles. The summed E-state index contributed by atoms with van der Waals surface area (Å²) in [6, 6.07) is 12.3. The third kappa shape index (κ3) is 5.11. The molecule has 2 heterocycles.